The van der Waals surface area contributed by atoms with Gasteiger partial charge in [0.15, 0.2) is 17.5 Å². The molecule has 0 atom stereocenters. The lowest BCUT2D eigenvalue weighted by molar-refractivity contribution is 0.215. The molecule has 0 spiro atoms. The van der Waals surface area contributed by atoms with Crippen molar-refractivity contribution in [2.45, 2.75) is 18.9 Å². The molecule has 0 amide bonds. The minimum atomic E-state index is -1.53. The summed E-state index contributed by atoms with van der Waals surface area (Å²) in [5.41, 5.74) is 9.40. The van der Waals surface area contributed by atoms with Crippen LogP contribution in [0.25, 0.3) is 33.2 Å². The molecule has 2 heterocycles. The lowest BCUT2D eigenvalue weighted by Gasteiger charge is -2.34. The maximum absolute atomic E-state index is 15.0. The summed E-state index contributed by atoms with van der Waals surface area (Å²) in [5.74, 6) is -4.04. The highest BCUT2D eigenvalue weighted by Gasteiger charge is 2.25. The normalized spacial score (nSPS) is 14.6. The van der Waals surface area contributed by atoms with Gasteiger partial charge in [-0.1, -0.05) is 23.4 Å². The summed E-state index contributed by atoms with van der Waals surface area (Å²) >= 11 is 0. The van der Waals surface area contributed by atoms with Crippen LogP contribution in [-0.4, -0.2) is 42.5 Å². The zero-order valence-electron chi connectivity index (χ0n) is 20.1. The van der Waals surface area contributed by atoms with E-state index in [0.717, 1.165) is 18.9 Å². The van der Waals surface area contributed by atoms with E-state index in [1.54, 1.807) is 18.2 Å². The van der Waals surface area contributed by atoms with Crippen LogP contribution in [-0.2, 0) is 4.84 Å². The highest BCUT2D eigenvalue weighted by atomic mass is 19.2. The zero-order valence-corrected chi connectivity index (χ0v) is 20.1. The Labute approximate surface area is 211 Å². The third-order valence-electron chi connectivity index (χ3n) is 6.70. The fourth-order valence-corrected chi connectivity index (χ4v) is 4.75. The Morgan fingerprint density at radius 1 is 1.03 bits per heavy atom. The summed E-state index contributed by atoms with van der Waals surface area (Å²) < 4.78 is 42.9. The van der Waals surface area contributed by atoms with Crippen molar-refractivity contribution in [1.29, 1.82) is 0 Å². The highest BCUT2D eigenvalue weighted by Crippen LogP contribution is 2.41. The second-order valence-electron chi connectivity index (χ2n) is 8.96. The van der Waals surface area contributed by atoms with Gasteiger partial charge in [-0.3, -0.25) is 4.98 Å². The molecule has 1 aliphatic heterocycles. The molecule has 1 saturated heterocycles. The summed E-state index contributed by atoms with van der Waals surface area (Å²) in [6.07, 6.45) is 4.35. The lowest BCUT2D eigenvalue weighted by atomic mass is 9.95. The van der Waals surface area contributed by atoms with Gasteiger partial charge in [0, 0.05) is 53.0 Å². The zero-order chi connectivity index (χ0) is 26.1. The predicted octanol–water partition coefficient (Wildman–Crippen LogP) is 5.60. The third-order valence-corrected chi connectivity index (χ3v) is 6.70. The average molecular weight is 507 g/mol. The Kier molecular flexibility index (Phi) is 6.71. The van der Waals surface area contributed by atoms with Crippen molar-refractivity contribution in [1.82, 2.24) is 4.98 Å². The molecular formula is C28H25F3N4O2. The number of para-hydroxylation sites is 1. The van der Waals surface area contributed by atoms with Crippen molar-refractivity contribution in [2.75, 3.05) is 25.1 Å². The van der Waals surface area contributed by atoms with Crippen molar-refractivity contribution in [2.24, 2.45) is 10.9 Å². The number of phenolic OH excluding ortho intramolecular Hbond substituents is 1. The number of hydrogen-bond donors (Lipinski definition) is 2. The van der Waals surface area contributed by atoms with Crippen molar-refractivity contribution < 1.29 is 23.1 Å². The Morgan fingerprint density at radius 2 is 1.81 bits per heavy atom. The van der Waals surface area contributed by atoms with Gasteiger partial charge in [-0.25, -0.2) is 13.2 Å². The number of aromatic hydroxyl groups is 1. The van der Waals surface area contributed by atoms with Crippen molar-refractivity contribution in [3.63, 3.8) is 0 Å². The molecular weight excluding hydrogens is 481 g/mol. The van der Waals surface area contributed by atoms with Crippen molar-refractivity contribution in [3.8, 4) is 28.0 Å². The van der Waals surface area contributed by atoms with Gasteiger partial charge >= 0.3 is 0 Å². The number of hydrogen-bond acceptors (Lipinski definition) is 6. The largest absolute Gasteiger partial charge is 0.507 e. The quantitative estimate of drug-likeness (QED) is 0.209. The van der Waals surface area contributed by atoms with E-state index in [4.69, 9.17) is 10.6 Å². The molecule has 1 aliphatic rings. The Bertz CT molecular complexity index is 1500. The van der Waals surface area contributed by atoms with Crippen molar-refractivity contribution >= 4 is 22.8 Å². The number of piperidine rings is 1. The van der Waals surface area contributed by atoms with Crippen LogP contribution < -0.4 is 10.6 Å². The molecule has 3 aromatic carbocycles. The SMILES string of the molecule is CO/N=C/c1cccc(-c2ccc3ncc(-c4ccc(F)c(F)c4F)c(N4CCC(N)CC4)c3c2)c1O. The number of pyridine rings is 1. The molecule has 4 aromatic rings. The Morgan fingerprint density at radius 3 is 2.57 bits per heavy atom. The molecule has 9 heteroatoms. The van der Waals surface area contributed by atoms with Crippen LogP contribution in [0.3, 0.4) is 0 Å². The molecule has 1 fully saturated rings. The summed E-state index contributed by atoms with van der Waals surface area (Å²) in [7, 11) is 1.41. The van der Waals surface area contributed by atoms with Crippen LogP contribution in [0, 0.1) is 17.5 Å². The van der Waals surface area contributed by atoms with Gasteiger partial charge in [-0.15, -0.1) is 0 Å². The Hall–Kier alpha value is -4.11. The standard InChI is InChI=1S/C28H25F3N4O2/c1-37-34-14-17-3-2-4-19(28(17)36)16-5-8-24-21(13-16)27(35-11-9-18(32)10-12-35)22(15-33-24)20-6-7-23(29)26(31)25(20)30/h2-8,13-15,18,36H,9-12,32H2,1H3/b34-14+. The van der Waals surface area contributed by atoms with Gasteiger partial charge in [0.2, 0.25) is 0 Å². The number of oxime groups is 1. The first-order chi connectivity index (χ1) is 17.9. The summed E-state index contributed by atoms with van der Waals surface area (Å²) in [4.78, 5) is 11.3. The third kappa shape index (κ3) is 4.58. The molecule has 5 rings (SSSR count). The van der Waals surface area contributed by atoms with E-state index in [-0.39, 0.29) is 17.4 Å². The van der Waals surface area contributed by atoms with E-state index in [9.17, 15) is 18.3 Å². The molecule has 0 aliphatic carbocycles. The van der Waals surface area contributed by atoms with Crippen LogP contribution in [0.15, 0.2) is 59.9 Å². The maximum Gasteiger partial charge on any atom is 0.195 e. The molecule has 0 bridgehead atoms. The monoisotopic (exact) mass is 506 g/mol. The first-order valence-corrected chi connectivity index (χ1v) is 11.8. The average Bonchev–Trinajstić information content (AvgIpc) is 2.91. The minimum Gasteiger partial charge on any atom is -0.507 e. The smallest absolute Gasteiger partial charge is 0.195 e. The number of halogens is 3. The molecule has 37 heavy (non-hydrogen) atoms. The summed E-state index contributed by atoms with van der Waals surface area (Å²) in [5, 5.41) is 15.3. The van der Waals surface area contributed by atoms with Gasteiger partial charge < -0.3 is 20.6 Å². The molecule has 0 radical (unpaired) electrons. The minimum absolute atomic E-state index is 0.0175. The van der Waals surface area contributed by atoms with E-state index in [2.05, 4.69) is 15.0 Å². The molecule has 0 unspecified atom stereocenters. The molecule has 3 N–H and O–H groups in total. The predicted molar refractivity (Wildman–Crippen MR) is 138 cm³/mol. The van der Waals surface area contributed by atoms with E-state index >= 15 is 0 Å². The van der Waals surface area contributed by atoms with Crippen LogP contribution in [0.4, 0.5) is 18.9 Å². The van der Waals surface area contributed by atoms with Crippen molar-refractivity contribution in [3.05, 3.63) is 77.7 Å². The van der Waals surface area contributed by atoms with Crippen LogP contribution in [0.2, 0.25) is 0 Å². The number of benzene rings is 3. The maximum atomic E-state index is 15.0. The van der Waals surface area contributed by atoms with Gasteiger partial charge in [-0.2, -0.15) is 0 Å². The van der Waals surface area contributed by atoms with Crippen LogP contribution >= 0.6 is 0 Å². The Balaban J connectivity index is 1.74. The van der Waals surface area contributed by atoms with E-state index in [1.807, 2.05) is 18.2 Å². The lowest BCUT2D eigenvalue weighted by Crippen LogP contribution is -2.40. The van der Waals surface area contributed by atoms with Crippen LogP contribution in [0.1, 0.15) is 18.4 Å². The van der Waals surface area contributed by atoms with Gasteiger partial charge in [0.05, 0.1) is 17.4 Å². The summed E-state index contributed by atoms with van der Waals surface area (Å²) in [6.45, 7) is 1.22. The number of anilines is 1. The van der Waals surface area contributed by atoms with Gasteiger partial charge in [-0.05, 0) is 48.7 Å². The highest BCUT2D eigenvalue weighted by molar-refractivity contribution is 6.02. The first kappa shape index (κ1) is 24.6. The molecule has 0 saturated carbocycles. The second-order valence-corrected chi connectivity index (χ2v) is 8.96. The fraction of sp³-hybridized carbons (Fsp3) is 0.214. The number of fused-ring (bicyclic) bond motifs is 1. The summed E-state index contributed by atoms with van der Waals surface area (Å²) in [6, 6.07) is 13.0. The number of nitrogens with zero attached hydrogens (tertiary/aromatic N) is 3. The number of phenols is 1. The number of rotatable bonds is 5. The molecule has 190 valence electrons. The fourth-order valence-electron chi connectivity index (χ4n) is 4.75. The molecule has 6 nitrogen and oxygen atoms in total. The van der Waals surface area contributed by atoms with Crippen LogP contribution in [0.5, 0.6) is 5.75 Å². The topological polar surface area (TPSA) is 84.0 Å². The van der Waals surface area contributed by atoms with E-state index in [0.29, 0.717) is 51.9 Å². The van der Waals surface area contributed by atoms with Gasteiger partial charge in [0.1, 0.15) is 12.9 Å². The first-order valence-electron chi connectivity index (χ1n) is 11.8. The molecule has 1 aromatic heterocycles. The number of nitrogens with two attached hydrogens (primary N) is 1. The second kappa shape index (κ2) is 10.1. The number of aromatic nitrogens is 1. The van der Waals surface area contributed by atoms with E-state index in [1.165, 1.54) is 25.6 Å². The van der Waals surface area contributed by atoms with E-state index < -0.39 is 17.5 Å². The van der Waals surface area contributed by atoms with Gasteiger partial charge in [0.25, 0.3) is 0 Å².